The van der Waals surface area contributed by atoms with Crippen LogP contribution in [-0.4, -0.2) is 10.1 Å². The van der Waals surface area contributed by atoms with Crippen LogP contribution in [0.3, 0.4) is 0 Å². The lowest BCUT2D eigenvalue weighted by molar-refractivity contribution is 0.368. The molecule has 1 rings (SSSR count). The highest BCUT2D eigenvalue weighted by Crippen LogP contribution is 2.16. The number of aromatic nitrogens is 2. The van der Waals surface area contributed by atoms with Gasteiger partial charge in [0.05, 0.1) is 5.38 Å². The fraction of sp³-hybridized carbons (Fsp3) is 0.867. The molecule has 0 N–H and O–H groups in total. The van der Waals surface area contributed by atoms with Gasteiger partial charge in [-0.2, -0.15) is 4.98 Å². The Balaban J connectivity index is 1.95. The maximum absolute atomic E-state index is 5.89. The van der Waals surface area contributed by atoms with Crippen molar-refractivity contribution in [3.05, 3.63) is 11.7 Å². The fourth-order valence-electron chi connectivity index (χ4n) is 2.12. The summed E-state index contributed by atoms with van der Waals surface area (Å²) in [6.45, 7) is 4.11. The van der Waals surface area contributed by atoms with Crippen LogP contribution in [0.1, 0.15) is 88.7 Å². The second kappa shape index (κ2) is 10.2. The second-order valence-corrected chi connectivity index (χ2v) is 5.90. The highest BCUT2D eigenvalue weighted by Gasteiger charge is 2.10. The Morgan fingerprint density at radius 3 is 2.11 bits per heavy atom. The van der Waals surface area contributed by atoms with Gasteiger partial charge in [-0.05, 0) is 13.3 Å². The summed E-state index contributed by atoms with van der Waals surface area (Å²) in [6.07, 6.45) is 12.8. The molecule has 1 atom stereocenters. The summed E-state index contributed by atoms with van der Waals surface area (Å²) in [6, 6.07) is 0. The van der Waals surface area contributed by atoms with E-state index in [9.17, 15) is 0 Å². The van der Waals surface area contributed by atoms with Gasteiger partial charge >= 0.3 is 0 Å². The first-order valence-corrected chi connectivity index (χ1v) is 8.14. The van der Waals surface area contributed by atoms with Gasteiger partial charge in [-0.25, -0.2) is 0 Å². The van der Waals surface area contributed by atoms with Gasteiger partial charge < -0.3 is 4.52 Å². The molecule has 0 amide bonds. The van der Waals surface area contributed by atoms with Crippen molar-refractivity contribution in [2.75, 3.05) is 0 Å². The van der Waals surface area contributed by atoms with E-state index in [0.29, 0.717) is 5.82 Å². The maximum Gasteiger partial charge on any atom is 0.226 e. The van der Waals surface area contributed by atoms with Crippen molar-refractivity contribution in [1.29, 1.82) is 0 Å². The minimum atomic E-state index is -0.166. The largest absolute Gasteiger partial charge is 0.339 e. The third-order valence-electron chi connectivity index (χ3n) is 3.33. The van der Waals surface area contributed by atoms with Crippen LogP contribution < -0.4 is 0 Å². The summed E-state index contributed by atoms with van der Waals surface area (Å²) in [4.78, 5) is 4.27. The van der Waals surface area contributed by atoms with Crippen molar-refractivity contribution in [3.8, 4) is 0 Å². The molecular weight excluding hydrogens is 260 g/mol. The molecule has 0 saturated heterocycles. The van der Waals surface area contributed by atoms with Gasteiger partial charge in [0.25, 0.3) is 0 Å². The van der Waals surface area contributed by atoms with Gasteiger partial charge in [-0.15, -0.1) is 11.6 Å². The smallest absolute Gasteiger partial charge is 0.226 e. The first-order chi connectivity index (χ1) is 9.24. The molecule has 0 aromatic carbocycles. The molecule has 110 valence electrons. The van der Waals surface area contributed by atoms with Crippen LogP contribution in [0, 0.1) is 0 Å². The van der Waals surface area contributed by atoms with Gasteiger partial charge in [0.2, 0.25) is 5.89 Å². The molecule has 1 aromatic heterocycles. The van der Waals surface area contributed by atoms with Gasteiger partial charge in [0.1, 0.15) is 0 Å². The summed E-state index contributed by atoms with van der Waals surface area (Å²) < 4.78 is 5.15. The lowest BCUT2D eigenvalue weighted by Crippen LogP contribution is -1.90. The zero-order valence-electron chi connectivity index (χ0n) is 12.3. The van der Waals surface area contributed by atoms with Gasteiger partial charge in [-0.3, -0.25) is 0 Å². The second-order valence-electron chi connectivity index (χ2n) is 5.24. The third kappa shape index (κ3) is 7.56. The van der Waals surface area contributed by atoms with Crippen LogP contribution in [0.2, 0.25) is 0 Å². The monoisotopic (exact) mass is 286 g/mol. The predicted octanol–water partition coefficient (Wildman–Crippen LogP) is 5.44. The van der Waals surface area contributed by atoms with Crippen LogP contribution in [0.25, 0.3) is 0 Å². The summed E-state index contributed by atoms with van der Waals surface area (Å²) in [7, 11) is 0. The molecule has 0 saturated carbocycles. The molecule has 0 fully saturated rings. The standard InChI is InChI=1S/C15H27ClN2O/c1-3-4-5-6-7-8-9-10-11-12-14-17-15(13(2)16)18-19-14/h13H,3-12H2,1-2H3. The third-order valence-corrected chi connectivity index (χ3v) is 3.53. The number of rotatable bonds is 11. The maximum atomic E-state index is 5.89. The Morgan fingerprint density at radius 2 is 1.58 bits per heavy atom. The van der Waals surface area contributed by atoms with Gasteiger partial charge in [-0.1, -0.05) is 63.4 Å². The molecule has 19 heavy (non-hydrogen) atoms. The number of aryl methyl sites for hydroxylation is 1. The quantitative estimate of drug-likeness (QED) is 0.401. The average molecular weight is 287 g/mol. The lowest BCUT2D eigenvalue weighted by atomic mass is 10.1. The molecule has 0 bridgehead atoms. The Kier molecular flexibility index (Phi) is 8.89. The van der Waals surface area contributed by atoms with Crippen molar-refractivity contribution < 1.29 is 4.52 Å². The van der Waals surface area contributed by atoms with E-state index in [4.69, 9.17) is 16.1 Å². The molecule has 0 spiro atoms. The zero-order valence-corrected chi connectivity index (χ0v) is 13.1. The Labute approximate surface area is 122 Å². The first kappa shape index (κ1) is 16.5. The Morgan fingerprint density at radius 1 is 1.00 bits per heavy atom. The minimum Gasteiger partial charge on any atom is -0.339 e. The molecular formula is C15H27ClN2O. The number of alkyl halides is 1. The molecule has 1 heterocycles. The van der Waals surface area contributed by atoms with Gasteiger partial charge in [0, 0.05) is 6.42 Å². The molecule has 1 unspecified atom stereocenters. The van der Waals surface area contributed by atoms with Gasteiger partial charge in [0.15, 0.2) is 5.82 Å². The summed E-state index contributed by atoms with van der Waals surface area (Å²) in [5, 5.41) is 3.69. The Hall–Kier alpha value is -0.570. The molecule has 0 radical (unpaired) electrons. The van der Waals surface area contributed by atoms with E-state index in [-0.39, 0.29) is 5.38 Å². The van der Waals surface area contributed by atoms with E-state index in [1.165, 1.54) is 51.4 Å². The summed E-state index contributed by atoms with van der Waals surface area (Å²) in [5.74, 6) is 1.33. The molecule has 3 nitrogen and oxygen atoms in total. The van der Waals surface area contributed by atoms with E-state index in [1.54, 1.807) is 0 Å². The zero-order chi connectivity index (χ0) is 13.9. The molecule has 0 aliphatic carbocycles. The number of unbranched alkanes of at least 4 members (excludes halogenated alkanes) is 8. The fourth-order valence-corrected chi connectivity index (χ4v) is 2.21. The van der Waals surface area contributed by atoms with E-state index in [2.05, 4.69) is 17.1 Å². The van der Waals surface area contributed by atoms with Crippen LogP contribution >= 0.6 is 11.6 Å². The normalized spacial score (nSPS) is 12.8. The predicted molar refractivity (Wildman–Crippen MR) is 79.5 cm³/mol. The highest BCUT2D eigenvalue weighted by molar-refractivity contribution is 6.20. The summed E-state index contributed by atoms with van der Waals surface area (Å²) >= 11 is 5.89. The SMILES string of the molecule is CCCCCCCCCCCc1nc(C(C)Cl)no1. The molecule has 0 aliphatic rings. The molecule has 0 aliphatic heterocycles. The van der Waals surface area contributed by atoms with Crippen molar-refractivity contribution in [2.24, 2.45) is 0 Å². The van der Waals surface area contributed by atoms with E-state index < -0.39 is 0 Å². The average Bonchev–Trinajstić information content (AvgIpc) is 2.86. The van der Waals surface area contributed by atoms with Crippen molar-refractivity contribution in [1.82, 2.24) is 10.1 Å². The van der Waals surface area contributed by atoms with Crippen molar-refractivity contribution in [2.45, 2.75) is 83.4 Å². The number of nitrogens with zero attached hydrogens (tertiary/aromatic N) is 2. The van der Waals surface area contributed by atoms with Crippen LogP contribution in [-0.2, 0) is 6.42 Å². The van der Waals surface area contributed by atoms with Crippen molar-refractivity contribution >= 4 is 11.6 Å². The number of hydrogen-bond donors (Lipinski definition) is 0. The van der Waals surface area contributed by atoms with E-state index in [1.807, 2.05) is 6.92 Å². The summed E-state index contributed by atoms with van der Waals surface area (Å²) in [5.41, 5.74) is 0. The first-order valence-electron chi connectivity index (χ1n) is 7.70. The van der Waals surface area contributed by atoms with E-state index >= 15 is 0 Å². The van der Waals surface area contributed by atoms with Crippen LogP contribution in [0.5, 0.6) is 0 Å². The lowest BCUT2D eigenvalue weighted by Gasteiger charge is -2.00. The Bertz CT molecular complexity index is 326. The minimum absolute atomic E-state index is 0.166. The van der Waals surface area contributed by atoms with Crippen LogP contribution in [0.15, 0.2) is 4.52 Å². The van der Waals surface area contributed by atoms with E-state index in [0.717, 1.165) is 18.7 Å². The molecule has 4 heteroatoms. The van der Waals surface area contributed by atoms with Crippen LogP contribution in [0.4, 0.5) is 0 Å². The topological polar surface area (TPSA) is 38.9 Å². The van der Waals surface area contributed by atoms with Crippen molar-refractivity contribution in [3.63, 3.8) is 0 Å². The number of halogens is 1. The molecule has 1 aromatic rings. The number of hydrogen-bond acceptors (Lipinski definition) is 3. The highest BCUT2D eigenvalue weighted by atomic mass is 35.5.